The summed E-state index contributed by atoms with van der Waals surface area (Å²) >= 11 is 1.45. The molecule has 0 spiro atoms. The van der Waals surface area contributed by atoms with Crippen molar-refractivity contribution in [1.29, 1.82) is 0 Å². The van der Waals surface area contributed by atoms with E-state index < -0.39 is 15.6 Å². The molecule has 0 unspecified atom stereocenters. The van der Waals surface area contributed by atoms with Crippen LogP contribution in [-0.4, -0.2) is 41.4 Å². The largest absolute Gasteiger partial charge is 0.358 e. The van der Waals surface area contributed by atoms with E-state index in [1.165, 1.54) is 11.3 Å². The molecule has 0 fully saturated rings. The summed E-state index contributed by atoms with van der Waals surface area (Å²) in [5, 5.41) is 8.31. The van der Waals surface area contributed by atoms with E-state index in [-0.39, 0.29) is 5.41 Å². The predicted molar refractivity (Wildman–Crippen MR) is 90.1 cm³/mol. The Morgan fingerprint density at radius 1 is 1.27 bits per heavy atom. The second-order valence-corrected chi connectivity index (χ2v) is 9.83. The first-order valence-corrected chi connectivity index (χ1v) is 9.66. The molecule has 0 aliphatic heterocycles. The smallest absolute Gasteiger partial charge is 0.214 e. The summed E-state index contributed by atoms with van der Waals surface area (Å²) in [6.07, 6.45) is 3.08. The summed E-state index contributed by atoms with van der Waals surface area (Å²) in [5.41, 5.74) is 0.386. The van der Waals surface area contributed by atoms with Crippen LogP contribution in [0.1, 0.15) is 40.3 Å². The van der Waals surface area contributed by atoms with E-state index >= 15 is 0 Å². The molecule has 0 saturated carbocycles. The highest BCUT2D eigenvalue weighted by molar-refractivity contribution is 7.88. The van der Waals surface area contributed by atoms with Crippen LogP contribution in [0.15, 0.2) is 6.20 Å². The van der Waals surface area contributed by atoms with E-state index in [2.05, 4.69) is 40.9 Å². The first-order valence-electron chi connectivity index (χ1n) is 6.95. The van der Waals surface area contributed by atoms with Crippen LogP contribution in [-0.2, 0) is 15.4 Å². The van der Waals surface area contributed by atoms with Gasteiger partial charge >= 0.3 is 0 Å². The Bertz CT molecular complexity index is 737. The minimum atomic E-state index is -3.25. The van der Waals surface area contributed by atoms with Crippen LogP contribution in [0.2, 0.25) is 0 Å². The number of nitrogens with one attached hydrogen (secondary N) is 2. The molecule has 2 rings (SSSR count). The Morgan fingerprint density at radius 2 is 1.91 bits per heavy atom. The van der Waals surface area contributed by atoms with Crippen molar-refractivity contribution in [1.82, 2.24) is 19.3 Å². The van der Waals surface area contributed by atoms with Gasteiger partial charge in [0.15, 0.2) is 0 Å². The third-order valence-corrected chi connectivity index (χ3v) is 4.76. The molecule has 0 aromatic carbocycles. The van der Waals surface area contributed by atoms with Gasteiger partial charge in [0, 0.05) is 17.5 Å². The molecule has 0 aliphatic carbocycles. The Labute approximate surface area is 135 Å². The van der Waals surface area contributed by atoms with Gasteiger partial charge in [-0.05, 0) is 13.8 Å². The highest BCUT2D eigenvalue weighted by atomic mass is 32.2. The molecule has 22 heavy (non-hydrogen) atoms. The standard InChI is InChI=1S/C13H23N5O2S2/c1-12(2,3)9-7-18-11(15-9)21-10(16-18)14-8-13(4,5)17-22(6,19)20/h7,17H,8H2,1-6H3,(H,14,16). The zero-order chi connectivity index (χ0) is 16.8. The molecule has 7 nitrogen and oxygen atoms in total. The van der Waals surface area contributed by atoms with Crippen molar-refractivity contribution in [3.63, 3.8) is 0 Å². The molecule has 0 saturated heterocycles. The van der Waals surface area contributed by atoms with Gasteiger partial charge in [0.25, 0.3) is 0 Å². The van der Waals surface area contributed by atoms with Crippen molar-refractivity contribution in [2.24, 2.45) is 0 Å². The molecule has 0 amide bonds. The van der Waals surface area contributed by atoms with Gasteiger partial charge in [-0.3, -0.25) is 0 Å². The van der Waals surface area contributed by atoms with Gasteiger partial charge in [0.05, 0.1) is 18.1 Å². The van der Waals surface area contributed by atoms with Crippen LogP contribution in [0.3, 0.4) is 0 Å². The van der Waals surface area contributed by atoms with Gasteiger partial charge in [-0.25, -0.2) is 22.6 Å². The topological polar surface area (TPSA) is 88.4 Å². The van der Waals surface area contributed by atoms with Crippen molar-refractivity contribution in [2.75, 3.05) is 18.1 Å². The van der Waals surface area contributed by atoms with E-state index in [1.807, 2.05) is 20.0 Å². The molecule has 2 heterocycles. The second kappa shape index (κ2) is 5.47. The Kier molecular flexibility index (Phi) is 4.27. The van der Waals surface area contributed by atoms with E-state index in [9.17, 15) is 8.42 Å². The maximum atomic E-state index is 11.3. The van der Waals surface area contributed by atoms with Crippen LogP contribution in [0.4, 0.5) is 5.13 Å². The number of sulfonamides is 1. The van der Waals surface area contributed by atoms with E-state index in [0.29, 0.717) is 11.7 Å². The number of hydrogen-bond donors (Lipinski definition) is 2. The Balaban J connectivity index is 2.08. The fourth-order valence-electron chi connectivity index (χ4n) is 1.97. The molecule has 0 aliphatic rings. The molecule has 0 bridgehead atoms. The SMILES string of the molecule is CC(C)(CNc1nn2cc(C(C)(C)C)nc2s1)NS(C)(=O)=O. The fraction of sp³-hybridized carbons (Fsp3) is 0.692. The minimum Gasteiger partial charge on any atom is -0.358 e. The zero-order valence-electron chi connectivity index (χ0n) is 13.8. The summed E-state index contributed by atoms with van der Waals surface area (Å²) in [6.45, 7) is 10.4. The number of rotatable bonds is 5. The highest BCUT2D eigenvalue weighted by Gasteiger charge is 2.23. The maximum Gasteiger partial charge on any atom is 0.214 e. The number of anilines is 1. The van der Waals surface area contributed by atoms with E-state index in [0.717, 1.165) is 16.9 Å². The lowest BCUT2D eigenvalue weighted by Crippen LogP contribution is -2.47. The molecular formula is C13H23N5O2S2. The molecule has 0 radical (unpaired) electrons. The van der Waals surface area contributed by atoms with Gasteiger partial charge in [-0.1, -0.05) is 32.1 Å². The molecular weight excluding hydrogens is 322 g/mol. The van der Waals surface area contributed by atoms with Crippen LogP contribution >= 0.6 is 11.3 Å². The lowest BCUT2D eigenvalue weighted by molar-refractivity contribution is 0.476. The summed E-state index contributed by atoms with van der Waals surface area (Å²) in [4.78, 5) is 5.40. The van der Waals surface area contributed by atoms with Crippen LogP contribution in [0, 0.1) is 0 Å². The van der Waals surface area contributed by atoms with Crippen molar-refractivity contribution >= 4 is 31.5 Å². The third-order valence-electron chi connectivity index (χ3n) is 2.95. The molecule has 2 N–H and O–H groups in total. The lowest BCUT2D eigenvalue weighted by Gasteiger charge is -2.24. The summed E-state index contributed by atoms with van der Waals surface area (Å²) in [5.74, 6) is 0. The summed E-state index contributed by atoms with van der Waals surface area (Å²) < 4.78 is 27.0. The summed E-state index contributed by atoms with van der Waals surface area (Å²) in [6, 6.07) is 0. The second-order valence-electron chi connectivity index (χ2n) is 7.12. The monoisotopic (exact) mass is 345 g/mol. The van der Waals surface area contributed by atoms with Crippen LogP contribution < -0.4 is 10.0 Å². The molecule has 2 aromatic heterocycles. The molecule has 0 atom stereocenters. The Morgan fingerprint density at radius 3 is 2.41 bits per heavy atom. The fourth-order valence-corrected chi connectivity index (χ4v) is 3.82. The number of hydrogen-bond acceptors (Lipinski definition) is 6. The lowest BCUT2D eigenvalue weighted by atomic mass is 9.93. The summed E-state index contributed by atoms with van der Waals surface area (Å²) in [7, 11) is -3.25. The average Bonchev–Trinajstić information content (AvgIpc) is 2.78. The number of imidazole rings is 1. The first kappa shape index (κ1) is 17.2. The number of aromatic nitrogens is 3. The first-order chi connectivity index (χ1) is 9.86. The van der Waals surface area contributed by atoms with Gasteiger partial charge in [0.2, 0.25) is 20.1 Å². The average molecular weight is 345 g/mol. The van der Waals surface area contributed by atoms with Crippen LogP contribution in [0.5, 0.6) is 0 Å². The highest BCUT2D eigenvalue weighted by Crippen LogP contribution is 2.25. The van der Waals surface area contributed by atoms with E-state index in [1.54, 1.807) is 4.52 Å². The van der Waals surface area contributed by atoms with Crippen molar-refractivity contribution in [3.8, 4) is 0 Å². The van der Waals surface area contributed by atoms with Crippen molar-refractivity contribution in [3.05, 3.63) is 11.9 Å². The van der Waals surface area contributed by atoms with Gasteiger partial charge < -0.3 is 5.32 Å². The molecule has 2 aromatic rings. The number of fused-ring (bicyclic) bond motifs is 1. The van der Waals surface area contributed by atoms with Crippen molar-refractivity contribution in [2.45, 2.75) is 45.6 Å². The quantitative estimate of drug-likeness (QED) is 0.863. The maximum absolute atomic E-state index is 11.3. The molecule has 124 valence electrons. The Hall–Kier alpha value is -1.19. The predicted octanol–water partition coefficient (Wildman–Crippen LogP) is 1.83. The molecule has 9 heteroatoms. The zero-order valence-corrected chi connectivity index (χ0v) is 15.4. The normalized spacial score (nSPS) is 13.7. The van der Waals surface area contributed by atoms with Crippen LogP contribution in [0.25, 0.3) is 4.96 Å². The van der Waals surface area contributed by atoms with Crippen molar-refractivity contribution < 1.29 is 8.42 Å². The third kappa shape index (κ3) is 4.40. The van der Waals surface area contributed by atoms with Gasteiger partial charge in [-0.2, -0.15) is 0 Å². The van der Waals surface area contributed by atoms with Gasteiger partial charge in [0.1, 0.15) is 0 Å². The number of nitrogens with zero attached hydrogens (tertiary/aromatic N) is 3. The van der Waals surface area contributed by atoms with E-state index in [4.69, 9.17) is 0 Å². The minimum absolute atomic E-state index is 0.0115. The van der Waals surface area contributed by atoms with Gasteiger partial charge in [-0.15, -0.1) is 5.10 Å².